The molecule has 296 valence electrons. The van der Waals surface area contributed by atoms with E-state index >= 15 is 0 Å². The van der Waals surface area contributed by atoms with E-state index in [-0.39, 0.29) is 17.8 Å². The Labute approximate surface area is 324 Å². The number of halogens is 2. The SMILES string of the molecule is CCCOc1cc(OCCC)cc(-n2cc(C(=O)N(CC)c3cc(F)cc(F)c3)c(=O)c3ccc(OCCCCCCCC[N+]45CCC(CC4)CC5)cc32)c1. The Kier molecular flexibility index (Phi) is 13.9. The Morgan fingerprint density at radius 1 is 0.745 bits per heavy atom. The second kappa shape index (κ2) is 18.9. The maximum Gasteiger partial charge on any atom is 0.263 e. The maximum atomic E-state index is 14.3. The highest BCUT2D eigenvalue weighted by Gasteiger charge is 2.38. The van der Waals surface area contributed by atoms with E-state index in [0.717, 1.165) is 49.8 Å². The van der Waals surface area contributed by atoms with Gasteiger partial charge in [0.2, 0.25) is 5.43 Å². The van der Waals surface area contributed by atoms with Crippen LogP contribution >= 0.6 is 0 Å². The fourth-order valence-corrected chi connectivity index (χ4v) is 8.27. The van der Waals surface area contributed by atoms with E-state index in [4.69, 9.17) is 14.2 Å². The number of ether oxygens (including phenoxy) is 3. The highest BCUT2D eigenvalue weighted by molar-refractivity contribution is 6.07. The minimum atomic E-state index is -0.816. The van der Waals surface area contributed by atoms with E-state index in [1.165, 1.54) is 86.7 Å². The number of carbonyl (C=O) groups is 1. The molecule has 3 fully saturated rings. The molecule has 0 saturated carbocycles. The van der Waals surface area contributed by atoms with Crippen LogP contribution in [0.2, 0.25) is 0 Å². The summed E-state index contributed by atoms with van der Waals surface area (Å²) in [4.78, 5) is 29.4. The third-order valence-corrected chi connectivity index (χ3v) is 11.3. The first kappa shape index (κ1) is 40.2. The Hall–Kier alpha value is -4.44. The fraction of sp³-hybridized carbons (Fsp3) is 0.511. The van der Waals surface area contributed by atoms with Gasteiger partial charge in [-0.15, -0.1) is 0 Å². The van der Waals surface area contributed by atoms with Crippen LogP contribution < -0.4 is 24.5 Å². The number of unbranched alkanes of at least 4 members (excludes halogenated alkanes) is 5. The van der Waals surface area contributed by atoms with Crippen molar-refractivity contribution < 1.29 is 32.3 Å². The molecule has 8 nitrogen and oxygen atoms in total. The van der Waals surface area contributed by atoms with Crippen molar-refractivity contribution >= 4 is 22.5 Å². The number of nitrogens with zero attached hydrogens (tertiary/aromatic N) is 3. The Bertz CT molecular complexity index is 1910. The van der Waals surface area contributed by atoms with Crippen molar-refractivity contribution in [1.29, 1.82) is 0 Å². The lowest BCUT2D eigenvalue weighted by Crippen LogP contribution is -2.58. The first-order chi connectivity index (χ1) is 26.7. The Balaban J connectivity index is 1.21. The predicted molar refractivity (Wildman–Crippen MR) is 215 cm³/mol. The number of benzene rings is 3. The largest absolute Gasteiger partial charge is 0.494 e. The van der Waals surface area contributed by atoms with E-state index in [1.807, 2.05) is 38.1 Å². The van der Waals surface area contributed by atoms with E-state index in [9.17, 15) is 18.4 Å². The summed E-state index contributed by atoms with van der Waals surface area (Å²) in [6.45, 7) is 12.9. The first-order valence-corrected chi connectivity index (χ1v) is 20.6. The molecule has 1 aromatic heterocycles. The monoisotopic (exact) mass is 758 g/mol. The van der Waals surface area contributed by atoms with Crippen LogP contribution in [0.5, 0.6) is 17.2 Å². The highest BCUT2D eigenvalue weighted by atomic mass is 19.1. The number of fused-ring (bicyclic) bond motifs is 4. The molecule has 3 saturated heterocycles. The molecule has 0 atom stereocenters. The van der Waals surface area contributed by atoms with Crippen LogP contribution in [0.3, 0.4) is 0 Å². The predicted octanol–water partition coefficient (Wildman–Crippen LogP) is 9.86. The molecule has 0 spiro atoms. The van der Waals surface area contributed by atoms with Crippen LogP contribution in [0.25, 0.3) is 16.6 Å². The highest BCUT2D eigenvalue weighted by Crippen LogP contribution is 2.34. The molecule has 1 amide bonds. The summed E-state index contributed by atoms with van der Waals surface area (Å²) in [6, 6.07) is 13.7. The average molecular weight is 759 g/mol. The minimum absolute atomic E-state index is 0.0233. The average Bonchev–Trinajstić information content (AvgIpc) is 3.19. The molecule has 4 heterocycles. The smallest absolute Gasteiger partial charge is 0.263 e. The molecule has 0 radical (unpaired) electrons. The Morgan fingerprint density at radius 3 is 1.96 bits per heavy atom. The van der Waals surface area contributed by atoms with Crippen LogP contribution in [-0.4, -0.2) is 67.5 Å². The minimum Gasteiger partial charge on any atom is -0.494 e. The summed E-state index contributed by atoms with van der Waals surface area (Å²) in [7, 11) is 0. The lowest BCUT2D eigenvalue weighted by molar-refractivity contribution is -0.942. The van der Waals surface area contributed by atoms with Gasteiger partial charge in [0.1, 0.15) is 34.4 Å². The molecule has 0 aliphatic carbocycles. The second-order valence-electron chi connectivity index (χ2n) is 15.4. The van der Waals surface area contributed by atoms with Gasteiger partial charge in [0.25, 0.3) is 5.91 Å². The third kappa shape index (κ3) is 10.1. The van der Waals surface area contributed by atoms with Crippen molar-refractivity contribution in [3.63, 3.8) is 0 Å². The van der Waals surface area contributed by atoms with Crippen LogP contribution in [0, 0.1) is 17.6 Å². The van der Waals surface area contributed by atoms with Gasteiger partial charge in [0, 0.05) is 54.1 Å². The molecule has 10 heteroatoms. The summed E-state index contributed by atoms with van der Waals surface area (Å²) in [5.41, 5.74) is 0.541. The summed E-state index contributed by atoms with van der Waals surface area (Å²) in [5, 5.41) is 0.301. The number of pyridine rings is 1. The van der Waals surface area contributed by atoms with Gasteiger partial charge < -0.3 is 28.2 Å². The van der Waals surface area contributed by atoms with Crippen molar-refractivity contribution in [2.24, 2.45) is 5.92 Å². The quantitative estimate of drug-likeness (QED) is 0.0663. The van der Waals surface area contributed by atoms with E-state index in [2.05, 4.69) is 0 Å². The van der Waals surface area contributed by atoms with Gasteiger partial charge in [-0.2, -0.15) is 0 Å². The number of hydrogen-bond acceptors (Lipinski definition) is 5. The van der Waals surface area contributed by atoms with Crippen molar-refractivity contribution in [2.75, 3.05) is 57.4 Å². The van der Waals surface area contributed by atoms with Crippen LogP contribution in [-0.2, 0) is 0 Å². The molecule has 4 aromatic rings. The number of quaternary nitrogens is 1. The summed E-state index contributed by atoms with van der Waals surface area (Å²) < 4.78 is 49.9. The zero-order valence-corrected chi connectivity index (χ0v) is 32.9. The first-order valence-electron chi connectivity index (χ1n) is 20.6. The molecule has 0 unspecified atom stereocenters. The van der Waals surface area contributed by atoms with Crippen molar-refractivity contribution in [1.82, 2.24) is 4.57 Å². The van der Waals surface area contributed by atoms with Gasteiger partial charge in [0.15, 0.2) is 0 Å². The summed E-state index contributed by atoms with van der Waals surface area (Å²) in [6.07, 6.45) is 14.5. The van der Waals surface area contributed by atoms with Crippen LogP contribution in [0.15, 0.2) is 65.6 Å². The lowest BCUT2D eigenvalue weighted by Gasteiger charge is -2.49. The summed E-state index contributed by atoms with van der Waals surface area (Å²) in [5.74, 6) is 0.490. The molecule has 2 bridgehead atoms. The maximum absolute atomic E-state index is 14.3. The molecule has 7 rings (SSSR count). The van der Waals surface area contributed by atoms with Crippen molar-refractivity contribution in [3.05, 3.63) is 88.2 Å². The number of carbonyl (C=O) groups excluding carboxylic acids is 1. The van der Waals surface area contributed by atoms with Gasteiger partial charge in [0.05, 0.1) is 57.2 Å². The zero-order chi connectivity index (χ0) is 38.8. The number of hydrogen-bond donors (Lipinski definition) is 0. The number of anilines is 1. The van der Waals surface area contributed by atoms with Gasteiger partial charge in [-0.1, -0.05) is 33.1 Å². The number of amides is 1. The number of rotatable bonds is 20. The number of piperidine rings is 3. The van der Waals surface area contributed by atoms with Gasteiger partial charge in [-0.25, -0.2) is 8.78 Å². The van der Waals surface area contributed by atoms with Gasteiger partial charge >= 0.3 is 0 Å². The van der Waals surface area contributed by atoms with E-state index in [1.54, 1.807) is 23.6 Å². The molecule has 3 aromatic carbocycles. The second-order valence-corrected chi connectivity index (χ2v) is 15.4. The Morgan fingerprint density at radius 2 is 1.35 bits per heavy atom. The van der Waals surface area contributed by atoms with Gasteiger partial charge in [-0.3, -0.25) is 9.59 Å². The third-order valence-electron chi connectivity index (χ3n) is 11.3. The van der Waals surface area contributed by atoms with E-state index < -0.39 is 23.0 Å². The zero-order valence-electron chi connectivity index (χ0n) is 32.9. The van der Waals surface area contributed by atoms with Crippen molar-refractivity contribution in [3.8, 4) is 22.9 Å². The molecular weight excluding hydrogens is 701 g/mol. The molecule has 55 heavy (non-hydrogen) atoms. The van der Waals surface area contributed by atoms with Crippen molar-refractivity contribution in [2.45, 2.75) is 91.4 Å². The fourth-order valence-electron chi connectivity index (χ4n) is 8.27. The molecule has 3 aliphatic rings. The lowest BCUT2D eigenvalue weighted by atomic mass is 9.85. The molecule has 0 N–H and O–H groups in total. The number of aromatic nitrogens is 1. The van der Waals surface area contributed by atoms with Crippen LogP contribution in [0.1, 0.15) is 102 Å². The van der Waals surface area contributed by atoms with Gasteiger partial charge in [-0.05, 0) is 88.5 Å². The summed E-state index contributed by atoms with van der Waals surface area (Å²) >= 11 is 0. The molecule has 3 aliphatic heterocycles. The standard InChI is InChI=1S/C45H58F2N3O5/c1-4-22-53-39-28-37(29-40(30-39)54-23-5-2)49-32-42(45(52)48(6-3)36-26-34(46)25-35(47)27-36)44(51)41-14-13-38(31-43(41)49)55-24-12-10-8-7-9-11-18-50-19-15-33(16-20-50)17-21-50/h13-14,25-33H,4-12,15-24H2,1-3H3/q+1. The normalized spacial score (nSPS) is 17.7. The van der Waals surface area contributed by atoms with Crippen LogP contribution in [0.4, 0.5) is 14.5 Å². The van der Waals surface area contributed by atoms with E-state index in [0.29, 0.717) is 53.7 Å². The topological polar surface area (TPSA) is 70.0 Å². The molecular formula is C45H58F2N3O5+.